The lowest BCUT2D eigenvalue weighted by Crippen LogP contribution is -2.35. The molecule has 0 aliphatic rings. The second-order valence-electron chi connectivity index (χ2n) is 6.18. The molecular formula is C20H20ClN3O3. The Bertz CT molecular complexity index is 970. The first kappa shape index (κ1) is 18.9. The summed E-state index contributed by atoms with van der Waals surface area (Å²) in [5.41, 5.74) is 2.34. The Morgan fingerprint density at radius 2 is 1.89 bits per heavy atom. The number of methoxy groups -OCH3 is 1. The van der Waals surface area contributed by atoms with Gasteiger partial charge in [-0.1, -0.05) is 41.9 Å². The molecule has 1 N–H and O–H groups in total. The number of halogens is 1. The zero-order valence-corrected chi connectivity index (χ0v) is 15.8. The zero-order chi connectivity index (χ0) is 19.4. The Morgan fingerprint density at radius 3 is 2.63 bits per heavy atom. The molecule has 3 rings (SSSR count). The van der Waals surface area contributed by atoms with E-state index in [1.807, 2.05) is 30.3 Å². The summed E-state index contributed by atoms with van der Waals surface area (Å²) < 4.78 is 6.56. The van der Waals surface area contributed by atoms with Gasteiger partial charge in [0.2, 0.25) is 5.91 Å². The summed E-state index contributed by atoms with van der Waals surface area (Å²) in [7, 11) is 1.31. The average Bonchev–Trinajstić information content (AvgIpc) is 3.11. The first-order chi connectivity index (χ1) is 13.0. The van der Waals surface area contributed by atoms with Crippen LogP contribution in [0.4, 0.5) is 0 Å². The molecule has 0 aliphatic carbocycles. The fourth-order valence-electron chi connectivity index (χ4n) is 2.95. The number of amides is 1. The van der Waals surface area contributed by atoms with Crippen molar-refractivity contribution in [3.8, 4) is 0 Å². The van der Waals surface area contributed by atoms with Gasteiger partial charge in [-0.25, -0.2) is 4.98 Å². The number of para-hydroxylation sites is 2. The number of nitrogens with zero attached hydrogens (tertiary/aromatic N) is 2. The molecule has 0 aliphatic heterocycles. The first-order valence-corrected chi connectivity index (χ1v) is 8.92. The minimum Gasteiger partial charge on any atom is -0.469 e. The number of imidazole rings is 1. The van der Waals surface area contributed by atoms with Crippen LogP contribution >= 0.6 is 11.6 Å². The van der Waals surface area contributed by atoms with E-state index in [1.54, 1.807) is 36.0 Å². The second kappa shape index (κ2) is 8.22. The molecule has 3 aromatic rings. The van der Waals surface area contributed by atoms with Crippen molar-refractivity contribution in [2.75, 3.05) is 7.11 Å². The van der Waals surface area contributed by atoms with Crippen molar-refractivity contribution in [2.45, 2.75) is 25.4 Å². The Labute approximate surface area is 162 Å². The number of rotatable bonds is 6. The molecule has 1 aromatic heterocycles. The van der Waals surface area contributed by atoms with Gasteiger partial charge >= 0.3 is 5.97 Å². The van der Waals surface area contributed by atoms with E-state index in [-0.39, 0.29) is 12.3 Å². The summed E-state index contributed by atoms with van der Waals surface area (Å²) in [6.45, 7) is 1.78. The van der Waals surface area contributed by atoms with Crippen LogP contribution in [0.5, 0.6) is 0 Å². The van der Waals surface area contributed by atoms with Crippen LogP contribution in [0.15, 0.2) is 54.9 Å². The molecule has 0 saturated heterocycles. The summed E-state index contributed by atoms with van der Waals surface area (Å²) in [6, 6.07) is 13.6. The van der Waals surface area contributed by atoms with E-state index in [4.69, 9.17) is 16.3 Å². The fraction of sp³-hybridized carbons (Fsp3) is 0.250. The largest absolute Gasteiger partial charge is 0.469 e. The van der Waals surface area contributed by atoms with E-state index in [0.29, 0.717) is 10.6 Å². The van der Waals surface area contributed by atoms with Crippen LogP contribution in [0.3, 0.4) is 0 Å². The fourth-order valence-corrected chi connectivity index (χ4v) is 3.22. The Hall–Kier alpha value is -2.86. The van der Waals surface area contributed by atoms with Crippen LogP contribution in [0.1, 0.15) is 31.0 Å². The maximum atomic E-state index is 12.9. The van der Waals surface area contributed by atoms with Crippen molar-refractivity contribution in [1.82, 2.24) is 14.9 Å². The molecule has 2 unspecified atom stereocenters. The lowest BCUT2D eigenvalue weighted by Gasteiger charge is -2.22. The maximum Gasteiger partial charge on any atom is 0.307 e. The van der Waals surface area contributed by atoms with Crippen molar-refractivity contribution < 1.29 is 14.3 Å². The second-order valence-corrected chi connectivity index (χ2v) is 6.59. The minimum absolute atomic E-state index is 0.0105. The minimum atomic E-state index is -0.587. The molecule has 0 bridgehead atoms. The van der Waals surface area contributed by atoms with E-state index in [9.17, 15) is 9.59 Å². The van der Waals surface area contributed by atoms with Crippen molar-refractivity contribution in [1.29, 1.82) is 0 Å². The number of benzene rings is 2. The molecule has 27 heavy (non-hydrogen) atoms. The van der Waals surface area contributed by atoms with Crippen LogP contribution in [-0.2, 0) is 14.3 Å². The Kier molecular flexibility index (Phi) is 5.76. The highest BCUT2D eigenvalue weighted by molar-refractivity contribution is 6.31. The SMILES string of the molecule is COC(=O)CC(NC(=O)C(C)n1cnc2ccccc21)c1ccccc1Cl. The third kappa shape index (κ3) is 4.11. The van der Waals surface area contributed by atoms with Gasteiger partial charge < -0.3 is 14.6 Å². The quantitative estimate of drug-likeness (QED) is 0.657. The van der Waals surface area contributed by atoms with Crippen molar-refractivity contribution >= 4 is 34.5 Å². The molecule has 0 saturated carbocycles. The number of hydrogen-bond acceptors (Lipinski definition) is 4. The lowest BCUT2D eigenvalue weighted by atomic mass is 10.0. The number of carbonyl (C=O) groups excluding carboxylic acids is 2. The molecule has 6 nitrogen and oxygen atoms in total. The van der Waals surface area contributed by atoms with Gasteiger partial charge in [-0.05, 0) is 30.7 Å². The van der Waals surface area contributed by atoms with Crippen LogP contribution in [0.2, 0.25) is 5.02 Å². The topological polar surface area (TPSA) is 73.2 Å². The molecule has 0 radical (unpaired) electrons. The predicted molar refractivity (Wildman–Crippen MR) is 103 cm³/mol. The Morgan fingerprint density at radius 1 is 1.19 bits per heavy atom. The van der Waals surface area contributed by atoms with Crippen LogP contribution in [0.25, 0.3) is 11.0 Å². The van der Waals surface area contributed by atoms with Crippen molar-refractivity contribution in [2.24, 2.45) is 0 Å². The first-order valence-electron chi connectivity index (χ1n) is 8.54. The highest BCUT2D eigenvalue weighted by Crippen LogP contribution is 2.26. The number of ether oxygens (including phenoxy) is 1. The van der Waals surface area contributed by atoms with E-state index < -0.39 is 18.1 Å². The standard InChI is InChI=1S/C20H20ClN3O3/c1-13(24-12-22-16-9-5-6-10-18(16)24)20(26)23-17(11-19(25)27-2)14-7-3-4-8-15(14)21/h3-10,12-13,17H,11H2,1-2H3,(H,23,26). The monoisotopic (exact) mass is 385 g/mol. The van der Waals surface area contributed by atoms with Gasteiger partial charge in [-0.2, -0.15) is 0 Å². The van der Waals surface area contributed by atoms with Gasteiger partial charge in [0.15, 0.2) is 0 Å². The molecule has 140 valence electrons. The molecule has 0 spiro atoms. The number of carbonyl (C=O) groups is 2. The van der Waals surface area contributed by atoms with Gasteiger partial charge in [-0.3, -0.25) is 9.59 Å². The van der Waals surface area contributed by atoms with Gasteiger partial charge in [0.05, 0.1) is 36.9 Å². The van der Waals surface area contributed by atoms with Crippen LogP contribution in [-0.4, -0.2) is 28.5 Å². The third-order valence-corrected chi connectivity index (χ3v) is 4.82. The molecular weight excluding hydrogens is 366 g/mol. The van der Waals surface area contributed by atoms with Gasteiger partial charge in [0, 0.05) is 5.02 Å². The summed E-state index contributed by atoms with van der Waals surface area (Å²) >= 11 is 6.27. The van der Waals surface area contributed by atoms with E-state index in [1.165, 1.54) is 7.11 Å². The summed E-state index contributed by atoms with van der Waals surface area (Å²) in [5.74, 6) is -0.673. The molecule has 2 aromatic carbocycles. The van der Waals surface area contributed by atoms with Crippen LogP contribution < -0.4 is 5.32 Å². The van der Waals surface area contributed by atoms with Crippen LogP contribution in [0, 0.1) is 0 Å². The van der Waals surface area contributed by atoms with E-state index in [2.05, 4.69) is 10.3 Å². The summed E-state index contributed by atoms with van der Waals surface area (Å²) in [6.07, 6.45) is 1.63. The van der Waals surface area contributed by atoms with Gasteiger partial charge in [0.1, 0.15) is 6.04 Å². The molecule has 1 heterocycles. The van der Waals surface area contributed by atoms with Crippen molar-refractivity contribution in [3.05, 3.63) is 65.4 Å². The predicted octanol–water partition coefficient (Wildman–Crippen LogP) is 3.67. The number of fused-ring (bicyclic) bond motifs is 1. The number of esters is 1. The highest BCUT2D eigenvalue weighted by Gasteiger charge is 2.25. The highest BCUT2D eigenvalue weighted by atomic mass is 35.5. The van der Waals surface area contributed by atoms with Gasteiger partial charge in [0.25, 0.3) is 0 Å². The van der Waals surface area contributed by atoms with Gasteiger partial charge in [-0.15, -0.1) is 0 Å². The maximum absolute atomic E-state index is 12.9. The molecule has 0 fully saturated rings. The molecule has 7 heteroatoms. The summed E-state index contributed by atoms with van der Waals surface area (Å²) in [4.78, 5) is 29.0. The zero-order valence-electron chi connectivity index (χ0n) is 15.1. The Balaban J connectivity index is 1.85. The average molecular weight is 386 g/mol. The number of aromatic nitrogens is 2. The molecule has 2 atom stereocenters. The van der Waals surface area contributed by atoms with E-state index >= 15 is 0 Å². The lowest BCUT2D eigenvalue weighted by molar-refractivity contribution is -0.141. The smallest absolute Gasteiger partial charge is 0.307 e. The number of nitrogens with one attached hydrogen (secondary N) is 1. The molecule has 1 amide bonds. The van der Waals surface area contributed by atoms with Crippen molar-refractivity contribution in [3.63, 3.8) is 0 Å². The normalized spacial score (nSPS) is 13.1. The summed E-state index contributed by atoms with van der Waals surface area (Å²) in [5, 5.41) is 3.40. The third-order valence-electron chi connectivity index (χ3n) is 4.47. The number of hydrogen-bond donors (Lipinski definition) is 1. The van der Waals surface area contributed by atoms with E-state index in [0.717, 1.165) is 11.0 Å².